The lowest BCUT2D eigenvalue weighted by Crippen LogP contribution is -2.22. The van der Waals surface area contributed by atoms with Crippen molar-refractivity contribution in [3.63, 3.8) is 0 Å². The van der Waals surface area contributed by atoms with Crippen LogP contribution in [0.15, 0.2) is 0 Å². The Balaban J connectivity index is 4.49. The molecule has 0 saturated carbocycles. The van der Waals surface area contributed by atoms with Crippen LogP contribution in [0.1, 0.15) is 181 Å². The first-order valence-corrected chi connectivity index (χ1v) is 16.3. The van der Waals surface area contributed by atoms with Crippen LogP contribution in [0.25, 0.3) is 0 Å². The van der Waals surface area contributed by atoms with Crippen LogP contribution in [-0.2, 0) is 0 Å². The van der Waals surface area contributed by atoms with E-state index in [0.717, 1.165) is 0 Å². The van der Waals surface area contributed by atoms with Gasteiger partial charge in [0.1, 0.15) is 0 Å². The molecule has 0 aliphatic carbocycles. The molecular formula is C30H61I. The summed E-state index contributed by atoms with van der Waals surface area (Å²) in [5.41, 5.74) is 0.683. The van der Waals surface area contributed by atoms with Gasteiger partial charge in [0.2, 0.25) is 0 Å². The van der Waals surface area contributed by atoms with E-state index in [0.29, 0.717) is 5.41 Å². The van der Waals surface area contributed by atoms with Gasteiger partial charge >= 0.3 is 0 Å². The standard InChI is InChI=1S/C30H61I/c1-4-7-10-13-16-17-20-23-27-30(28-24-29-31,25-21-18-14-11-8-5-2)26-22-19-15-12-9-6-3/h4-29H2,1-3H3. The van der Waals surface area contributed by atoms with Gasteiger partial charge in [-0.2, -0.15) is 0 Å². The van der Waals surface area contributed by atoms with E-state index in [1.54, 1.807) is 0 Å². The summed E-state index contributed by atoms with van der Waals surface area (Å²) in [7, 11) is 0. The zero-order chi connectivity index (χ0) is 22.9. The molecule has 0 atom stereocenters. The third-order valence-corrected chi connectivity index (χ3v) is 8.29. The van der Waals surface area contributed by atoms with Crippen LogP contribution in [0.5, 0.6) is 0 Å². The largest absolute Gasteiger partial charge is 0.0864 e. The summed E-state index contributed by atoms with van der Waals surface area (Å²) in [5, 5.41) is 0. The van der Waals surface area contributed by atoms with Crippen molar-refractivity contribution in [3.8, 4) is 0 Å². The second kappa shape index (κ2) is 25.4. The molecular weight excluding hydrogens is 487 g/mol. The molecule has 0 bridgehead atoms. The molecule has 0 spiro atoms. The van der Waals surface area contributed by atoms with Crippen LogP contribution in [0, 0.1) is 5.41 Å². The van der Waals surface area contributed by atoms with Crippen LogP contribution >= 0.6 is 22.6 Å². The van der Waals surface area contributed by atoms with E-state index in [1.807, 2.05) is 0 Å². The normalized spacial score (nSPS) is 12.0. The molecule has 0 aliphatic rings. The molecule has 31 heavy (non-hydrogen) atoms. The van der Waals surface area contributed by atoms with E-state index in [2.05, 4.69) is 43.4 Å². The van der Waals surface area contributed by atoms with Gasteiger partial charge in [-0.25, -0.2) is 0 Å². The topological polar surface area (TPSA) is 0 Å². The lowest BCUT2D eigenvalue weighted by Gasteiger charge is -2.35. The number of alkyl halides is 1. The third kappa shape index (κ3) is 21.0. The Morgan fingerprint density at radius 2 is 0.613 bits per heavy atom. The molecule has 0 amide bonds. The minimum atomic E-state index is 0.683. The zero-order valence-corrected chi connectivity index (χ0v) is 24.4. The quantitative estimate of drug-likeness (QED) is 0.0573. The first kappa shape index (κ1) is 31.7. The van der Waals surface area contributed by atoms with Gasteiger partial charge in [0, 0.05) is 0 Å². The van der Waals surface area contributed by atoms with Crippen molar-refractivity contribution in [1.29, 1.82) is 0 Å². The monoisotopic (exact) mass is 548 g/mol. The van der Waals surface area contributed by atoms with Gasteiger partial charge in [0.15, 0.2) is 0 Å². The van der Waals surface area contributed by atoms with Crippen LogP contribution < -0.4 is 0 Å². The van der Waals surface area contributed by atoms with Gasteiger partial charge < -0.3 is 0 Å². The fourth-order valence-electron chi connectivity index (χ4n) is 5.39. The molecule has 0 N–H and O–H groups in total. The second-order valence-corrected chi connectivity index (χ2v) is 11.6. The maximum atomic E-state index is 2.61. The van der Waals surface area contributed by atoms with Gasteiger partial charge in [-0.05, 0) is 41.9 Å². The summed E-state index contributed by atoms with van der Waals surface area (Å²) in [6.45, 7) is 6.99. The van der Waals surface area contributed by atoms with E-state index >= 15 is 0 Å². The van der Waals surface area contributed by atoms with Gasteiger partial charge in [0.05, 0.1) is 0 Å². The molecule has 0 nitrogen and oxygen atoms in total. The van der Waals surface area contributed by atoms with Crippen LogP contribution in [0.2, 0.25) is 0 Å². The van der Waals surface area contributed by atoms with Crippen LogP contribution in [0.4, 0.5) is 0 Å². The Labute approximate surface area is 213 Å². The first-order valence-electron chi connectivity index (χ1n) is 14.8. The van der Waals surface area contributed by atoms with Gasteiger partial charge in [-0.15, -0.1) is 0 Å². The minimum Gasteiger partial charge on any atom is -0.0864 e. The number of rotatable bonds is 26. The number of halogens is 1. The Morgan fingerprint density at radius 1 is 0.355 bits per heavy atom. The SMILES string of the molecule is CCCCCCCCCCC(CCCI)(CCCCCCCC)CCCCCCCC. The Kier molecular flexibility index (Phi) is 26.0. The molecule has 0 unspecified atom stereocenters. The minimum absolute atomic E-state index is 0.683. The third-order valence-electron chi connectivity index (χ3n) is 7.52. The molecule has 1 heteroatoms. The van der Waals surface area contributed by atoms with E-state index in [4.69, 9.17) is 0 Å². The average Bonchev–Trinajstić information content (AvgIpc) is 2.78. The maximum absolute atomic E-state index is 2.61. The molecule has 0 aromatic rings. The molecule has 0 fully saturated rings. The zero-order valence-electron chi connectivity index (χ0n) is 22.3. The van der Waals surface area contributed by atoms with Crippen molar-refractivity contribution in [2.75, 3.05) is 4.43 Å². The highest BCUT2D eigenvalue weighted by Crippen LogP contribution is 2.42. The maximum Gasteiger partial charge on any atom is -0.000452 e. The smallest absolute Gasteiger partial charge is 0.000452 e. The highest BCUT2D eigenvalue weighted by molar-refractivity contribution is 14.1. The highest BCUT2D eigenvalue weighted by atomic mass is 127. The molecule has 0 radical (unpaired) electrons. The van der Waals surface area contributed by atoms with Gasteiger partial charge in [-0.3, -0.25) is 0 Å². The van der Waals surface area contributed by atoms with Crippen molar-refractivity contribution in [2.24, 2.45) is 5.41 Å². The summed E-state index contributed by atoms with van der Waals surface area (Å²) in [4.78, 5) is 0. The lowest BCUT2D eigenvalue weighted by atomic mass is 9.71. The van der Waals surface area contributed by atoms with E-state index in [9.17, 15) is 0 Å². The molecule has 188 valence electrons. The summed E-state index contributed by atoms with van der Waals surface area (Å²) in [5.74, 6) is 0. The molecule has 0 rings (SSSR count). The van der Waals surface area contributed by atoms with Gasteiger partial charge in [0.25, 0.3) is 0 Å². The molecule has 0 aromatic carbocycles. The van der Waals surface area contributed by atoms with Gasteiger partial charge in [-0.1, -0.05) is 172 Å². The fourth-order valence-corrected chi connectivity index (χ4v) is 5.77. The van der Waals surface area contributed by atoms with E-state index < -0.39 is 0 Å². The van der Waals surface area contributed by atoms with Crippen molar-refractivity contribution in [3.05, 3.63) is 0 Å². The summed E-state index contributed by atoms with van der Waals surface area (Å²) >= 11 is 2.61. The summed E-state index contributed by atoms with van der Waals surface area (Å²) in [6, 6.07) is 0. The predicted octanol–water partition coefficient (Wildman–Crippen LogP) is 12.2. The number of unbranched alkanes of at least 4 members (excludes halogenated alkanes) is 17. The van der Waals surface area contributed by atoms with Crippen molar-refractivity contribution < 1.29 is 0 Å². The summed E-state index contributed by atoms with van der Waals surface area (Å²) < 4.78 is 1.35. The lowest BCUT2D eigenvalue weighted by molar-refractivity contribution is 0.177. The molecule has 0 heterocycles. The van der Waals surface area contributed by atoms with Crippen LogP contribution in [0.3, 0.4) is 0 Å². The molecule has 0 saturated heterocycles. The fraction of sp³-hybridized carbons (Fsp3) is 1.00. The predicted molar refractivity (Wildman–Crippen MR) is 154 cm³/mol. The second-order valence-electron chi connectivity index (χ2n) is 10.6. The summed E-state index contributed by atoms with van der Waals surface area (Å²) in [6.07, 6.45) is 36.7. The Morgan fingerprint density at radius 3 is 0.903 bits per heavy atom. The Hall–Kier alpha value is 0.730. The van der Waals surface area contributed by atoms with Crippen molar-refractivity contribution in [2.45, 2.75) is 181 Å². The highest BCUT2D eigenvalue weighted by Gasteiger charge is 2.28. The molecule has 0 aromatic heterocycles. The van der Waals surface area contributed by atoms with Crippen molar-refractivity contribution >= 4 is 22.6 Å². The number of hydrogen-bond acceptors (Lipinski definition) is 0. The Bertz CT molecular complexity index is 308. The first-order chi connectivity index (χ1) is 15.2. The van der Waals surface area contributed by atoms with Crippen LogP contribution in [-0.4, -0.2) is 4.43 Å². The number of hydrogen-bond donors (Lipinski definition) is 0. The van der Waals surface area contributed by atoms with E-state index in [1.165, 1.54) is 165 Å². The molecule has 0 aliphatic heterocycles. The average molecular weight is 549 g/mol. The van der Waals surface area contributed by atoms with Crippen molar-refractivity contribution in [1.82, 2.24) is 0 Å². The van der Waals surface area contributed by atoms with E-state index in [-0.39, 0.29) is 0 Å².